The van der Waals surface area contributed by atoms with Crippen molar-refractivity contribution in [2.45, 2.75) is 6.92 Å². The number of benzene rings is 1. The second-order valence-corrected chi connectivity index (χ2v) is 5.04. The van der Waals surface area contributed by atoms with E-state index in [0.717, 1.165) is 4.68 Å². The first-order valence-electron chi connectivity index (χ1n) is 7.22. The Balaban J connectivity index is 1.79. The molecular weight excluding hydrogens is 344 g/mol. The molecule has 12 heteroatoms. The molecule has 0 radical (unpaired) electrons. The molecule has 0 unspecified atom stereocenters. The minimum atomic E-state index is -0.586. The van der Waals surface area contributed by atoms with Crippen molar-refractivity contribution in [1.29, 1.82) is 0 Å². The van der Waals surface area contributed by atoms with Crippen molar-refractivity contribution in [3.63, 3.8) is 0 Å². The molecule has 4 N–H and O–H groups in total. The molecular formula is C14H14N8O4. The lowest BCUT2D eigenvalue weighted by atomic mass is 10.2. The van der Waals surface area contributed by atoms with Crippen LogP contribution in [0.3, 0.4) is 0 Å². The number of nitrogens with two attached hydrogens (primary N) is 1. The number of aromatic hydroxyl groups is 1. The lowest BCUT2D eigenvalue weighted by Gasteiger charge is -2.04. The van der Waals surface area contributed by atoms with Crippen LogP contribution in [0.2, 0.25) is 0 Å². The van der Waals surface area contributed by atoms with E-state index >= 15 is 0 Å². The Kier molecular flexibility index (Phi) is 4.47. The van der Waals surface area contributed by atoms with E-state index in [9.17, 15) is 9.90 Å². The summed E-state index contributed by atoms with van der Waals surface area (Å²) in [6.07, 6.45) is 1.38. The summed E-state index contributed by atoms with van der Waals surface area (Å²) in [4.78, 5) is 12.4. The molecule has 134 valence electrons. The van der Waals surface area contributed by atoms with E-state index in [1.54, 1.807) is 19.1 Å². The molecule has 0 saturated heterocycles. The third kappa shape index (κ3) is 3.15. The van der Waals surface area contributed by atoms with Gasteiger partial charge in [-0.05, 0) is 41.0 Å². The van der Waals surface area contributed by atoms with Crippen LogP contribution >= 0.6 is 0 Å². The van der Waals surface area contributed by atoms with Gasteiger partial charge in [-0.15, -0.1) is 5.10 Å². The zero-order valence-electron chi connectivity index (χ0n) is 13.7. The zero-order chi connectivity index (χ0) is 18.7. The van der Waals surface area contributed by atoms with Crippen molar-refractivity contribution < 1.29 is 19.3 Å². The molecule has 0 bridgehead atoms. The molecule has 2 heterocycles. The van der Waals surface area contributed by atoms with Gasteiger partial charge in [0.2, 0.25) is 11.6 Å². The quantitative estimate of drug-likeness (QED) is 0.420. The van der Waals surface area contributed by atoms with Gasteiger partial charge in [0.05, 0.1) is 19.0 Å². The predicted octanol–water partition coefficient (Wildman–Crippen LogP) is 0.0190. The Morgan fingerprint density at radius 2 is 2.27 bits per heavy atom. The fourth-order valence-corrected chi connectivity index (χ4v) is 2.10. The van der Waals surface area contributed by atoms with E-state index in [0.29, 0.717) is 11.3 Å². The van der Waals surface area contributed by atoms with Gasteiger partial charge in [-0.1, -0.05) is 5.21 Å². The zero-order valence-corrected chi connectivity index (χ0v) is 13.7. The topological polar surface area (TPSA) is 167 Å². The first-order chi connectivity index (χ1) is 12.5. The molecule has 1 aromatic carbocycles. The van der Waals surface area contributed by atoms with Crippen LogP contribution in [-0.4, -0.2) is 49.6 Å². The minimum Gasteiger partial charge on any atom is -0.504 e. The Morgan fingerprint density at radius 1 is 1.46 bits per heavy atom. The monoisotopic (exact) mass is 358 g/mol. The number of aryl methyl sites for hydroxylation is 1. The van der Waals surface area contributed by atoms with Crippen molar-refractivity contribution in [2.24, 2.45) is 5.10 Å². The van der Waals surface area contributed by atoms with Crippen LogP contribution in [-0.2, 0) is 0 Å². The van der Waals surface area contributed by atoms with Crippen molar-refractivity contribution >= 4 is 17.9 Å². The van der Waals surface area contributed by atoms with E-state index in [1.165, 1.54) is 19.4 Å². The summed E-state index contributed by atoms with van der Waals surface area (Å²) in [5.74, 6) is -0.297. The van der Waals surface area contributed by atoms with Gasteiger partial charge in [0.25, 0.3) is 5.91 Å². The lowest BCUT2D eigenvalue weighted by molar-refractivity contribution is 0.0946. The van der Waals surface area contributed by atoms with Gasteiger partial charge in [0.1, 0.15) is 0 Å². The van der Waals surface area contributed by atoms with Gasteiger partial charge in [0, 0.05) is 0 Å². The van der Waals surface area contributed by atoms with Crippen LogP contribution in [0.25, 0.3) is 5.82 Å². The van der Waals surface area contributed by atoms with Crippen molar-refractivity contribution in [2.75, 3.05) is 12.8 Å². The maximum absolute atomic E-state index is 12.4. The number of anilines is 1. The predicted molar refractivity (Wildman–Crippen MR) is 88.1 cm³/mol. The number of ether oxygens (including phenoxy) is 1. The number of phenolic OH excluding ortho intramolecular Hbond substituents is 1. The van der Waals surface area contributed by atoms with Crippen LogP contribution in [0.1, 0.15) is 21.7 Å². The molecule has 2 aromatic heterocycles. The van der Waals surface area contributed by atoms with Gasteiger partial charge in [0.15, 0.2) is 17.2 Å². The van der Waals surface area contributed by atoms with E-state index in [-0.39, 0.29) is 28.8 Å². The smallest absolute Gasteiger partial charge is 0.292 e. The molecule has 0 saturated carbocycles. The maximum atomic E-state index is 12.4. The average Bonchev–Trinajstić information content (AvgIpc) is 3.21. The lowest BCUT2D eigenvalue weighted by Crippen LogP contribution is -2.22. The Labute approximate surface area is 146 Å². The van der Waals surface area contributed by atoms with Gasteiger partial charge < -0.3 is 15.6 Å². The number of nitrogens with one attached hydrogen (secondary N) is 1. The molecule has 1 amide bonds. The Morgan fingerprint density at radius 3 is 2.96 bits per heavy atom. The summed E-state index contributed by atoms with van der Waals surface area (Å²) in [5.41, 5.74) is 8.99. The summed E-state index contributed by atoms with van der Waals surface area (Å²) >= 11 is 0. The fraction of sp³-hybridized carbons (Fsp3) is 0.143. The van der Waals surface area contributed by atoms with Crippen LogP contribution < -0.4 is 15.9 Å². The third-order valence-electron chi connectivity index (χ3n) is 3.33. The average molecular weight is 358 g/mol. The van der Waals surface area contributed by atoms with Crippen LogP contribution in [0.4, 0.5) is 5.82 Å². The Bertz CT molecular complexity index is 977. The summed E-state index contributed by atoms with van der Waals surface area (Å²) in [6, 6.07) is 4.61. The van der Waals surface area contributed by atoms with Gasteiger partial charge in [-0.3, -0.25) is 4.79 Å². The van der Waals surface area contributed by atoms with E-state index < -0.39 is 5.91 Å². The first-order valence-corrected chi connectivity index (χ1v) is 7.22. The molecule has 0 atom stereocenters. The molecule has 0 aliphatic heterocycles. The number of nitrogen functional groups attached to an aromatic ring is 1. The molecule has 0 aliphatic carbocycles. The van der Waals surface area contributed by atoms with Crippen molar-refractivity contribution in [1.82, 2.24) is 30.7 Å². The molecule has 26 heavy (non-hydrogen) atoms. The van der Waals surface area contributed by atoms with Gasteiger partial charge in [-0.25, -0.2) is 10.1 Å². The van der Waals surface area contributed by atoms with Crippen LogP contribution in [0, 0.1) is 6.92 Å². The number of nitrogens with zero attached hydrogens (tertiary/aromatic N) is 6. The minimum absolute atomic E-state index is 0.00176. The summed E-state index contributed by atoms with van der Waals surface area (Å²) < 4.78 is 10.6. The van der Waals surface area contributed by atoms with Crippen molar-refractivity contribution in [3.8, 4) is 17.3 Å². The number of amides is 1. The second kappa shape index (κ2) is 6.88. The summed E-state index contributed by atoms with van der Waals surface area (Å²) in [6.45, 7) is 1.59. The molecule has 12 nitrogen and oxygen atoms in total. The standard InChI is InChI=1S/C14H14N8O4/c1-7-11(22(21-17-7)13-12(15)19-26-20-13)14(24)18-16-6-8-3-4-9(23)10(5-8)25-2/h3-6,23H,1-2H3,(H2,15,19)(H,18,24)/b16-6-. The van der Waals surface area contributed by atoms with Gasteiger partial charge >= 0.3 is 0 Å². The number of rotatable bonds is 5. The fourth-order valence-electron chi connectivity index (χ4n) is 2.10. The number of aromatic nitrogens is 5. The number of phenols is 1. The number of hydrogen-bond donors (Lipinski definition) is 3. The number of hydrazone groups is 1. The molecule has 3 aromatic rings. The molecule has 0 aliphatic rings. The van der Waals surface area contributed by atoms with Crippen molar-refractivity contribution in [3.05, 3.63) is 35.2 Å². The molecule has 0 fully saturated rings. The normalized spacial score (nSPS) is 11.0. The van der Waals surface area contributed by atoms with Crippen LogP contribution in [0.15, 0.2) is 27.9 Å². The maximum Gasteiger partial charge on any atom is 0.292 e. The number of methoxy groups -OCH3 is 1. The van der Waals surface area contributed by atoms with E-state index in [4.69, 9.17) is 10.5 Å². The van der Waals surface area contributed by atoms with Crippen LogP contribution in [0.5, 0.6) is 11.5 Å². The number of hydrogen-bond acceptors (Lipinski definition) is 10. The highest BCUT2D eigenvalue weighted by Crippen LogP contribution is 2.25. The van der Waals surface area contributed by atoms with Gasteiger partial charge in [-0.2, -0.15) is 9.78 Å². The first kappa shape index (κ1) is 16.9. The number of carbonyl (C=O) groups is 1. The summed E-state index contributed by atoms with van der Waals surface area (Å²) in [5, 5.41) is 28.1. The SMILES string of the molecule is COc1cc(/C=N\NC(=O)c2c(C)nnn2-c2nonc2N)ccc1O. The highest BCUT2D eigenvalue weighted by Gasteiger charge is 2.22. The molecule has 3 rings (SSSR count). The van der Waals surface area contributed by atoms with E-state index in [2.05, 4.69) is 35.8 Å². The second-order valence-electron chi connectivity index (χ2n) is 5.04. The Hall–Kier alpha value is -3.96. The van der Waals surface area contributed by atoms with E-state index in [1.807, 2.05) is 0 Å². The largest absolute Gasteiger partial charge is 0.504 e. The molecule has 0 spiro atoms. The third-order valence-corrected chi connectivity index (χ3v) is 3.33. The summed E-state index contributed by atoms with van der Waals surface area (Å²) in [7, 11) is 1.43. The highest BCUT2D eigenvalue weighted by atomic mass is 16.6. The number of carbonyl (C=O) groups excluding carboxylic acids is 1. The highest BCUT2D eigenvalue weighted by molar-refractivity contribution is 5.94.